The number of aromatic nitrogens is 1. The highest BCUT2D eigenvalue weighted by atomic mass is 32.2. The lowest BCUT2D eigenvalue weighted by atomic mass is 10.1. The van der Waals surface area contributed by atoms with Crippen molar-refractivity contribution in [2.45, 2.75) is 31.7 Å². The molecule has 1 aromatic carbocycles. The molecule has 0 saturated heterocycles. The van der Waals surface area contributed by atoms with Crippen molar-refractivity contribution in [2.75, 3.05) is 19.9 Å². The second-order valence-electron chi connectivity index (χ2n) is 7.52. The van der Waals surface area contributed by atoms with E-state index in [1.807, 2.05) is 12.1 Å². The highest BCUT2D eigenvalue weighted by Crippen LogP contribution is 2.29. The molecule has 0 amide bonds. The van der Waals surface area contributed by atoms with Crippen LogP contribution in [0.25, 0.3) is 0 Å². The van der Waals surface area contributed by atoms with Crippen LogP contribution in [0.5, 0.6) is 5.88 Å². The molecule has 1 aromatic heterocycles. The second kappa shape index (κ2) is 9.88. The fourth-order valence-corrected chi connectivity index (χ4v) is 3.70. The zero-order valence-electron chi connectivity index (χ0n) is 17.2. The van der Waals surface area contributed by atoms with Crippen molar-refractivity contribution in [3.63, 3.8) is 0 Å². The zero-order chi connectivity index (χ0) is 21.6. The molecule has 2 N–H and O–H groups in total. The number of aliphatic imine (C=N–C) groups is 1. The van der Waals surface area contributed by atoms with Crippen molar-refractivity contribution in [1.82, 2.24) is 15.6 Å². The maximum absolute atomic E-state index is 13.7. The van der Waals surface area contributed by atoms with Gasteiger partial charge in [0.2, 0.25) is 5.88 Å². The number of hydrogen-bond donors (Lipinski definition) is 2. The third-order valence-electron chi connectivity index (χ3n) is 4.68. The van der Waals surface area contributed by atoms with Gasteiger partial charge < -0.3 is 15.4 Å². The van der Waals surface area contributed by atoms with E-state index in [0.717, 1.165) is 18.4 Å². The maximum Gasteiger partial charge on any atom is 0.213 e. The molecule has 0 unspecified atom stereocenters. The first kappa shape index (κ1) is 22.0. The standard InChI is InChI=1S/C21H27FN4O3S/c1-23-21(25-11-16-5-8-20(24-10-16)29-13-15-3-4-15)26-12-18-9-19(22)7-6-17(18)14-30(2,27)28/h5-10,15H,3-4,11-14H2,1-2H3,(H2,23,25,26). The van der Waals surface area contributed by atoms with Crippen LogP contribution in [0.2, 0.25) is 0 Å². The van der Waals surface area contributed by atoms with Crippen LogP contribution in [0.15, 0.2) is 41.5 Å². The summed E-state index contributed by atoms with van der Waals surface area (Å²) in [6.07, 6.45) is 5.38. The van der Waals surface area contributed by atoms with E-state index in [2.05, 4.69) is 20.6 Å². The molecule has 162 valence electrons. The Balaban J connectivity index is 1.53. The minimum Gasteiger partial charge on any atom is -0.477 e. The van der Waals surface area contributed by atoms with Gasteiger partial charge in [-0.15, -0.1) is 0 Å². The summed E-state index contributed by atoms with van der Waals surface area (Å²) in [6, 6.07) is 7.89. The molecular weight excluding hydrogens is 407 g/mol. The Morgan fingerprint density at radius 2 is 1.97 bits per heavy atom. The molecule has 9 heteroatoms. The number of nitrogens with zero attached hydrogens (tertiary/aromatic N) is 2. The van der Waals surface area contributed by atoms with Gasteiger partial charge in [0.05, 0.1) is 12.4 Å². The number of halogens is 1. The van der Waals surface area contributed by atoms with Crippen LogP contribution in [0.4, 0.5) is 4.39 Å². The average molecular weight is 435 g/mol. The van der Waals surface area contributed by atoms with Gasteiger partial charge in [-0.1, -0.05) is 12.1 Å². The van der Waals surface area contributed by atoms with E-state index in [1.54, 1.807) is 13.2 Å². The van der Waals surface area contributed by atoms with Crippen LogP contribution in [0.1, 0.15) is 29.5 Å². The number of guanidine groups is 1. The molecule has 0 atom stereocenters. The monoisotopic (exact) mass is 434 g/mol. The molecular formula is C21H27FN4O3S. The van der Waals surface area contributed by atoms with Gasteiger partial charge in [-0.2, -0.15) is 0 Å². The van der Waals surface area contributed by atoms with E-state index in [9.17, 15) is 12.8 Å². The molecule has 1 aliphatic rings. The first-order chi connectivity index (χ1) is 14.3. The Morgan fingerprint density at radius 1 is 1.20 bits per heavy atom. The summed E-state index contributed by atoms with van der Waals surface area (Å²) < 4.78 is 42.5. The third kappa shape index (κ3) is 7.29. The van der Waals surface area contributed by atoms with Gasteiger partial charge in [-0.25, -0.2) is 17.8 Å². The SMILES string of the molecule is CN=C(NCc1ccc(OCC2CC2)nc1)NCc1cc(F)ccc1CS(C)(=O)=O. The summed E-state index contributed by atoms with van der Waals surface area (Å²) in [7, 11) is -1.60. The van der Waals surface area contributed by atoms with Crippen molar-refractivity contribution >= 4 is 15.8 Å². The number of sulfone groups is 1. The van der Waals surface area contributed by atoms with E-state index in [1.165, 1.54) is 31.0 Å². The number of rotatable bonds is 9. The molecule has 3 rings (SSSR count). The summed E-state index contributed by atoms with van der Waals surface area (Å²) >= 11 is 0. The Bertz CT molecular complexity index is 990. The Hall–Kier alpha value is -2.68. The van der Waals surface area contributed by atoms with Crippen LogP contribution in [-0.4, -0.2) is 39.3 Å². The molecule has 1 heterocycles. The van der Waals surface area contributed by atoms with Crippen molar-refractivity contribution in [1.29, 1.82) is 0 Å². The molecule has 1 saturated carbocycles. The van der Waals surface area contributed by atoms with Crippen molar-refractivity contribution in [2.24, 2.45) is 10.9 Å². The number of nitrogens with one attached hydrogen (secondary N) is 2. The van der Waals surface area contributed by atoms with Crippen LogP contribution in [-0.2, 0) is 28.7 Å². The van der Waals surface area contributed by atoms with E-state index in [0.29, 0.717) is 35.4 Å². The normalized spacial score (nSPS) is 14.4. The predicted molar refractivity (Wildman–Crippen MR) is 114 cm³/mol. The van der Waals surface area contributed by atoms with Crippen molar-refractivity contribution < 1.29 is 17.5 Å². The quantitative estimate of drug-likeness (QED) is 0.465. The summed E-state index contributed by atoms with van der Waals surface area (Å²) in [4.78, 5) is 8.47. The fourth-order valence-electron chi connectivity index (χ4n) is 2.86. The highest BCUT2D eigenvalue weighted by molar-refractivity contribution is 7.89. The van der Waals surface area contributed by atoms with Gasteiger partial charge in [0.25, 0.3) is 0 Å². The third-order valence-corrected chi connectivity index (χ3v) is 5.51. The van der Waals surface area contributed by atoms with Crippen LogP contribution in [0.3, 0.4) is 0 Å². The van der Waals surface area contributed by atoms with Gasteiger partial charge in [-0.3, -0.25) is 4.99 Å². The minimum absolute atomic E-state index is 0.142. The minimum atomic E-state index is -3.23. The Morgan fingerprint density at radius 3 is 2.60 bits per heavy atom. The average Bonchev–Trinajstić information content (AvgIpc) is 3.53. The first-order valence-corrected chi connectivity index (χ1v) is 11.9. The van der Waals surface area contributed by atoms with Gasteiger partial charge in [0, 0.05) is 38.7 Å². The maximum atomic E-state index is 13.7. The summed E-state index contributed by atoms with van der Waals surface area (Å²) in [5.41, 5.74) is 2.09. The molecule has 30 heavy (non-hydrogen) atoms. The molecule has 7 nitrogen and oxygen atoms in total. The molecule has 0 radical (unpaired) electrons. The largest absolute Gasteiger partial charge is 0.477 e. The summed E-state index contributed by atoms with van der Waals surface area (Å²) in [6.45, 7) is 1.46. The lowest BCUT2D eigenvalue weighted by molar-refractivity contribution is 0.288. The van der Waals surface area contributed by atoms with Crippen LogP contribution in [0, 0.1) is 11.7 Å². The first-order valence-electron chi connectivity index (χ1n) is 9.79. The predicted octanol–water partition coefficient (Wildman–Crippen LogP) is 2.42. The van der Waals surface area contributed by atoms with Gasteiger partial charge in [-0.05, 0) is 47.6 Å². The number of pyridine rings is 1. The summed E-state index contributed by atoms with van der Waals surface area (Å²) in [5, 5.41) is 6.26. The summed E-state index contributed by atoms with van der Waals surface area (Å²) in [5.74, 6) is 1.26. The van der Waals surface area contributed by atoms with Crippen molar-refractivity contribution in [3.05, 3.63) is 59.0 Å². The molecule has 1 aliphatic carbocycles. The topological polar surface area (TPSA) is 92.7 Å². The van der Waals surface area contributed by atoms with Crippen molar-refractivity contribution in [3.8, 4) is 5.88 Å². The van der Waals surface area contributed by atoms with Crippen LogP contribution >= 0.6 is 0 Å². The number of hydrogen-bond acceptors (Lipinski definition) is 5. The Labute approximate surface area is 176 Å². The van der Waals surface area contributed by atoms with Gasteiger partial charge in [0.1, 0.15) is 5.82 Å². The Kier molecular flexibility index (Phi) is 7.25. The van der Waals surface area contributed by atoms with E-state index >= 15 is 0 Å². The number of benzene rings is 1. The smallest absolute Gasteiger partial charge is 0.213 e. The van der Waals surface area contributed by atoms with Crippen LogP contribution < -0.4 is 15.4 Å². The van der Waals surface area contributed by atoms with Gasteiger partial charge in [0.15, 0.2) is 15.8 Å². The highest BCUT2D eigenvalue weighted by Gasteiger charge is 2.22. The van der Waals surface area contributed by atoms with E-state index < -0.39 is 15.7 Å². The fraction of sp³-hybridized carbons (Fsp3) is 0.429. The van der Waals surface area contributed by atoms with Gasteiger partial charge >= 0.3 is 0 Å². The van der Waals surface area contributed by atoms with E-state index in [-0.39, 0.29) is 12.3 Å². The second-order valence-corrected chi connectivity index (χ2v) is 9.66. The van der Waals surface area contributed by atoms with E-state index in [4.69, 9.17) is 4.74 Å². The molecule has 0 aliphatic heterocycles. The number of ether oxygens (including phenoxy) is 1. The lowest BCUT2D eigenvalue weighted by Crippen LogP contribution is -2.36. The molecule has 0 bridgehead atoms. The zero-order valence-corrected chi connectivity index (χ0v) is 18.0. The molecule has 0 spiro atoms. The lowest BCUT2D eigenvalue weighted by Gasteiger charge is -2.14. The molecule has 1 fully saturated rings. The molecule has 2 aromatic rings.